The van der Waals surface area contributed by atoms with Crippen molar-refractivity contribution in [1.82, 2.24) is 9.80 Å². The molecule has 2 saturated heterocycles. The Hall–Kier alpha value is -1.28. The van der Waals surface area contributed by atoms with Crippen molar-refractivity contribution >= 4 is 15.6 Å². The third-order valence-corrected chi connectivity index (χ3v) is 8.13. The number of benzene rings is 1. The highest BCUT2D eigenvalue weighted by molar-refractivity contribution is 7.92. The summed E-state index contributed by atoms with van der Waals surface area (Å²) in [6.07, 6.45) is 1.88. The largest absolute Gasteiger partial charge is 0.369 e. The van der Waals surface area contributed by atoms with Crippen LogP contribution in [0.1, 0.15) is 36.5 Å². The lowest BCUT2D eigenvalue weighted by Crippen LogP contribution is -2.51. The molecule has 2 atom stereocenters. The molecule has 1 aromatic carbocycles. The fourth-order valence-corrected chi connectivity index (χ4v) is 6.49. The van der Waals surface area contributed by atoms with Crippen molar-refractivity contribution in [2.24, 2.45) is 0 Å². The molecule has 2 heterocycles. The molecule has 0 N–H and O–H groups in total. The zero-order chi connectivity index (χ0) is 19.8. The van der Waals surface area contributed by atoms with E-state index in [4.69, 9.17) is 4.74 Å². The smallest absolute Gasteiger partial charge is 0.184 e. The number of ketones is 1. The molecule has 2 aliphatic rings. The molecule has 6 nitrogen and oxygen atoms in total. The lowest BCUT2D eigenvalue weighted by molar-refractivity contribution is -0.0772. The maximum Gasteiger partial charge on any atom is 0.184 e. The van der Waals surface area contributed by atoms with Crippen molar-refractivity contribution in [2.75, 3.05) is 40.8 Å². The molecule has 150 valence electrons. The van der Waals surface area contributed by atoms with Crippen molar-refractivity contribution in [2.45, 2.75) is 48.0 Å². The summed E-state index contributed by atoms with van der Waals surface area (Å²) >= 11 is 0. The predicted molar refractivity (Wildman–Crippen MR) is 105 cm³/mol. The summed E-state index contributed by atoms with van der Waals surface area (Å²) in [6, 6.07) is 6.33. The molecule has 3 rings (SSSR count). The Morgan fingerprint density at radius 2 is 1.81 bits per heavy atom. The van der Waals surface area contributed by atoms with Crippen molar-refractivity contribution in [3.63, 3.8) is 0 Å². The zero-order valence-electron chi connectivity index (χ0n) is 16.6. The molecule has 1 aromatic rings. The first kappa shape index (κ1) is 20.5. The van der Waals surface area contributed by atoms with E-state index in [9.17, 15) is 13.2 Å². The van der Waals surface area contributed by atoms with E-state index in [-0.39, 0.29) is 16.8 Å². The number of carbonyl (C=O) groups excluding carboxylic acids is 1. The summed E-state index contributed by atoms with van der Waals surface area (Å²) in [5.41, 5.74) is -0.0956. The highest BCUT2D eigenvalue weighted by atomic mass is 32.2. The standard InChI is InChI=1S/C20H30N2O4S/c1-15(23)16-5-7-18(8-6-16)27(24,25)19-13-17(14-21(2)3)26-20(19)9-11-22(4)12-10-20/h5-8,17,19H,9-14H2,1-4H3. The van der Waals surface area contributed by atoms with Gasteiger partial charge in [0.15, 0.2) is 15.6 Å². The fraction of sp³-hybridized carbons (Fsp3) is 0.650. The third-order valence-electron chi connectivity index (χ3n) is 5.83. The van der Waals surface area contributed by atoms with Crippen LogP contribution in [0.3, 0.4) is 0 Å². The second-order valence-corrected chi connectivity index (χ2v) is 10.4. The molecule has 0 saturated carbocycles. The van der Waals surface area contributed by atoms with E-state index in [1.165, 1.54) is 6.92 Å². The minimum atomic E-state index is -3.55. The summed E-state index contributed by atoms with van der Waals surface area (Å²) in [5.74, 6) is -0.0685. The Balaban J connectivity index is 1.93. The molecule has 0 radical (unpaired) electrons. The highest BCUT2D eigenvalue weighted by Gasteiger charge is 2.55. The molecule has 1 spiro atoms. The van der Waals surface area contributed by atoms with E-state index in [1.54, 1.807) is 24.3 Å². The maximum atomic E-state index is 13.5. The number of piperidine rings is 1. The van der Waals surface area contributed by atoms with Crippen molar-refractivity contribution in [3.05, 3.63) is 29.8 Å². The van der Waals surface area contributed by atoms with E-state index in [1.807, 2.05) is 19.0 Å². The van der Waals surface area contributed by atoms with Gasteiger partial charge in [0, 0.05) is 25.2 Å². The van der Waals surface area contributed by atoms with Crippen LogP contribution in [0.2, 0.25) is 0 Å². The van der Waals surface area contributed by atoms with Crippen LogP contribution >= 0.6 is 0 Å². The van der Waals surface area contributed by atoms with Crippen LogP contribution in [0.15, 0.2) is 29.2 Å². The minimum absolute atomic E-state index is 0.0685. The monoisotopic (exact) mass is 394 g/mol. The van der Waals surface area contributed by atoms with Gasteiger partial charge in [-0.25, -0.2) is 8.42 Å². The van der Waals surface area contributed by atoms with Gasteiger partial charge >= 0.3 is 0 Å². The van der Waals surface area contributed by atoms with E-state index in [2.05, 4.69) is 11.9 Å². The number of likely N-dealkylation sites (tertiary alicyclic amines) is 1. The van der Waals surface area contributed by atoms with Gasteiger partial charge < -0.3 is 14.5 Å². The van der Waals surface area contributed by atoms with Gasteiger partial charge in [-0.15, -0.1) is 0 Å². The van der Waals surface area contributed by atoms with Crippen LogP contribution in [-0.4, -0.2) is 81.7 Å². The van der Waals surface area contributed by atoms with Gasteiger partial charge in [0.1, 0.15) is 0 Å². The first-order valence-corrected chi connectivity index (χ1v) is 11.0. The van der Waals surface area contributed by atoms with E-state index in [0.29, 0.717) is 18.5 Å². The normalized spacial score (nSPS) is 26.0. The number of rotatable bonds is 5. The van der Waals surface area contributed by atoms with Crippen molar-refractivity contribution < 1.29 is 17.9 Å². The molecule has 0 aromatic heterocycles. The molecule has 0 aliphatic carbocycles. The number of likely N-dealkylation sites (N-methyl/N-ethyl adjacent to an activating group) is 1. The Bertz CT molecular complexity index is 781. The minimum Gasteiger partial charge on any atom is -0.369 e. The van der Waals surface area contributed by atoms with E-state index in [0.717, 1.165) is 25.9 Å². The fourth-order valence-electron chi connectivity index (χ4n) is 4.32. The van der Waals surface area contributed by atoms with Crippen LogP contribution in [0.5, 0.6) is 0 Å². The number of hydrogen-bond donors (Lipinski definition) is 0. The summed E-state index contributed by atoms with van der Waals surface area (Å²) in [4.78, 5) is 16.1. The maximum absolute atomic E-state index is 13.5. The number of nitrogens with zero attached hydrogens (tertiary/aromatic N) is 2. The number of hydrogen-bond acceptors (Lipinski definition) is 6. The molecule has 2 aliphatic heterocycles. The highest BCUT2D eigenvalue weighted by Crippen LogP contribution is 2.44. The topological polar surface area (TPSA) is 66.9 Å². The van der Waals surface area contributed by atoms with E-state index < -0.39 is 20.7 Å². The second kappa shape index (κ2) is 7.62. The van der Waals surface area contributed by atoms with Crippen LogP contribution in [0, 0.1) is 0 Å². The van der Waals surface area contributed by atoms with E-state index >= 15 is 0 Å². The lowest BCUT2D eigenvalue weighted by atomic mass is 9.88. The molecule has 0 amide bonds. The average molecular weight is 395 g/mol. The summed E-state index contributed by atoms with van der Waals surface area (Å²) in [7, 11) is 2.47. The quantitative estimate of drug-likeness (QED) is 0.710. The van der Waals surface area contributed by atoms with Crippen LogP contribution < -0.4 is 0 Å². The van der Waals surface area contributed by atoms with Gasteiger partial charge in [0.05, 0.1) is 21.9 Å². The average Bonchev–Trinajstić information content (AvgIpc) is 2.96. The third kappa shape index (κ3) is 4.11. The number of carbonyl (C=O) groups is 1. The summed E-state index contributed by atoms with van der Waals surface area (Å²) in [6.45, 7) is 3.87. The second-order valence-electron chi connectivity index (χ2n) is 8.22. The van der Waals surface area contributed by atoms with Gasteiger partial charge in [-0.3, -0.25) is 4.79 Å². The summed E-state index contributed by atoms with van der Waals surface area (Å²) in [5, 5.41) is -0.549. The van der Waals surface area contributed by atoms with Gasteiger partial charge in [0.25, 0.3) is 0 Å². The van der Waals surface area contributed by atoms with Gasteiger partial charge in [0.2, 0.25) is 0 Å². The molecular weight excluding hydrogens is 364 g/mol. The van der Waals surface area contributed by atoms with Crippen molar-refractivity contribution in [3.8, 4) is 0 Å². The van der Waals surface area contributed by atoms with Gasteiger partial charge in [-0.1, -0.05) is 12.1 Å². The number of Topliss-reactive ketones (excluding diaryl/α,β-unsaturated/α-hetero) is 1. The Labute approximate surface area is 162 Å². The SMILES string of the molecule is CC(=O)c1ccc(S(=O)(=O)C2CC(CN(C)C)OC23CCN(C)CC3)cc1. The van der Waals surface area contributed by atoms with Crippen LogP contribution in [0.4, 0.5) is 0 Å². The molecular formula is C20H30N2O4S. The number of ether oxygens (including phenoxy) is 1. The van der Waals surface area contributed by atoms with Crippen LogP contribution in [-0.2, 0) is 14.6 Å². The molecule has 27 heavy (non-hydrogen) atoms. The first-order chi connectivity index (χ1) is 12.6. The Morgan fingerprint density at radius 1 is 1.22 bits per heavy atom. The zero-order valence-corrected chi connectivity index (χ0v) is 17.5. The predicted octanol–water partition coefficient (Wildman–Crippen LogP) is 1.85. The Kier molecular flexibility index (Phi) is 5.77. The Morgan fingerprint density at radius 3 is 2.33 bits per heavy atom. The molecule has 7 heteroatoms. The van der Waals surface area contributed by atoms with Gasteiger partial charge in [-0.2, -0.15) is 0 Å². The van der Waals surface area contributed by atoms with Gasteiger partial charge in [-0.05, 0) is 59.5 Å². The lowest BCUT2D eigenvalue weighted by Gasteiger charge is -2.41. The molecule has 2 fully saturated rings. The summed E-state index contributed by atoms with van der Waals surface area (Å²) < 4.78 is 33.4. The molecule has 2 unspecified atom stereocenters. The van der Waals surface area contributed by atoms with Crippen LogP contribution in [0.25, 0.3) is 0 Å². The molecule has 0 bridgehead atoms. The number of sulfone groups is 1. The first-order valence-electron chi connectivity index (χ1n) is 9.50. The van der Waals surface area contributed by atoms with Crippen molar-refractivity contribution in [1.29, 1.82) is 0 Å².